The Bertz CT molecular complexity index is 306. The summed E-state index contributed by atoms with van der Waals surface area (Å²) in [5.41, 5.74) is 4.90. The largest absolute Gasteiger partial charge is 0.0927 e. The summed E-state index contributed by atoms with van der Waals surface area (Å²) in [7, 11) is 0.792. The zero-order valence-corrected chi connectivity index (χ0v) is 17.2. The van der Waals surface area contributed by atoms with E-state index in [2.05, 4.69) is 6.92 Å². The Labute approximate surface area is 147 Å². The smallest absolute Gasteiger partial charge is 0.000410 e. The van der Waals surface area contributed by atoms with Crippen LogP contribution in [0.2, 0.25) is 0 Å². The van der Waals surface area contributed by atoms with Crippen LogP contribution in [-0.4, -0.2) is 28.0 Å². The second kappa shape index (κ2) is 8.04. The van der Waals surface area contributed by atoms with Crippen LogP contribution in [0.1, 0.15) is 103 Å². The third-order valence-electron chi connectivity index (χ3n) is 7.49. The quantitative estimate of drug-likeness (QED) is 0.373. The molecule has 0 heterocycles. The van der Waals surface area contributed by atoms with Gasteiger partial charge >= 0.3 is 0 Å². The molecule has 4 saturated carbocycles. The molecule has 23 heavy (non-hydrogen) atoms. The fraction of sp³-hybridized carbons (Fsp3) is 1.00. The highest BCUT2D eigenvalue weighted by molar-refractivity contribution is 7.77. The van der Waals surface area contributed by atoms with Crippen molar-refractivity contribution < 1.29 is 0 Å². The third kappa shape index (κ3) is 3.56. The van der Waals surface area contributed by atoms with Gasteiger partial charge in [-0.1, -0.05) is 61.3 Å². The Morgan fingerprint density at radius 2 is 1.00 bits per heavy atom. The van der Waals surface area contributed by atoms with E-state index < -0.39 is 0 Å². The topological polar surface area (TPSA) is 0 Å². The summed E-state index contributed by atoms with van der Waals surface area (Å²) in [5.74, 6) is 0. The SMILES string of the molecule is CCCCC(P(C1CCC1)C1CCC1)P(C1CCC1)C1CCC1. The van der Waals surface area contributed by atoms with E-state index in [0.717, 1.165) is 0 Å². The van der Waals surface area contributed by atoms with Crippen molar-refractivity contribution in [2.45, 2.75) is 131 Å². The molecular formula is C21H38P2. The fourth-order valence-electron chi connectivity index (χ4n) is 5.15. The summed E-state index contributed by atoms with van der Waals surface area (Å²) in [6.07, 6.45) is 23.9. The molecule has 0 nitrogen and oxygen atoms in total. The zero-order valence-electron chi connectivity index (χ0n) is 15.4. The van der Waals surface area contributed by atoms with E-state index in [1.807, 2.05) is 0 Å². The molecule has 0 atom stereocenters. The first kappa shape index (κ1) is 17.3. The maximum atomic E-state index is 2.43. The fourth-order valence-corrected chi connectivity index (χ4v) is 16.6. The Morgan fingerprint density at radius 1 is 0.652 bits per heavy atom. The molecule has 0 aliphatic heterocycles. The van der Waals surface area contributed by atoms with E-state index in [1.54, 1.807) is 89.9 Å². The number of unbranched alkanes of at least 4 members (excludes halogenated alkanes) is 1. The highest BCUT2D eigenvalue weighted by Crippen LogP contribution is 2.76. The molecule has 0 N–H and O–H groups in total. The molecule has 0 amide bonds. The predicted octanol–water partition coefficient (Wildman–Crippen LogP) is 7.68. The highest BCUT2D eigenvalue weighted by Gasteiger charge is 2.47. The van der Waals surface area contributed by atoms with E-state index in [9.17, 15) is 0 Å². The van der Waals surface area contributed by atoms with E-state index in [-0.39, 0.29) is 0 Å². The molecule has 4 fully saturated rings. The summed E-state index contributed by atoms with van der Waals surface area (Å²) in [5, 5.41) is 1.26. The standard InChI is InChI=1S/C21H38P2/c1-2-3-16-21(22(17-8-4-9-17)18-10-5-11-18)23(19-12-6-13-19)20-14-7-15-20/h17-21H,2-16H2,1H3. The average molecular weight is 352 g/mol. The lowest BCUT2D eigenvalue weighted by molar-refractivity contribution is 0.462. The van der Waals surface area contributed by atoms with Gasteiger partial charge < -0.3 is 0 Å². The van der Waals surface area contributed by atoms with Gasteiger partial charge in [-0.3, -0.25) is 0 Å². The Balaban J connectivity index is 1.54. The maximum Gasteiger partial charge on any atom is 0.000410 e. The van der Waals surface area contributed by atoms with Crippen molar-refractivity contribution in [3.05, 3.63) is 0 Å². The van der Waals surface area contributed by atoms with Crippen LogP contribution in [0.25, 0.3) is 0 Å². The summed E-state index contributed by atoms with van der Waals surface area (Å²) in [6, 6.07) is 0. The minimum absolute atomic E-state index is 0.396. The second-order valence-corrected chi connectivity index (χ2v) is 15.2. The van der Waals surface area contributed by atoms with E-state index in [0.29, 0.717) is 15.8 Å². The lowest BCUT2D eigenvalue weighted by atomic mass is 9.99. The molecule has 2 heteroatoms. The van der Waals surface area contributed by atoms with Crippen molar-refractivity contribution in [3.63, 3.8) is 0 Å². The molecule has 0 aromatic rings. The lowest BCUT2D eigenvalue weighted by Gasteiger charge is -2.55. The molecule has 0 bridgehead atoms. The molecule has 0 radical (unpaired) electrons. The number of hydrogen-bond acceptors (Lipinski definition) is 0. The second-order valence-electron chi connectivity index (χ2n) is 8.86. The zero-order chi connectivity index (χ0) is 15.6. The molecule has 4 aliphatic rings. The molecule has 132 valence electrons. The van der Waals surface area contributed by atoms with Crippen LogP contribution in [0.5, 0.6) is 0 Å². The van der Waals surface area contributed by atoms with Crippen molar-refractivity contribution in [3.8, 4) is 0 Å². The number of hydrogen-bond donors (Lipinski definition) is 0. The van der Waals surface area contributed by atoms with E-state index in [4.69, 9.17) is 0 Å². The van der Waals surface area contributed by atoms with Gasteiger partial charge in [0.05, 0.1) is 0 Å². The van der Waals surface area contributed by atoms with Crippen LogP contribution < -0.4 is 0 Å². The first-order valence-electron chi connectivity index (χ1n) is 10.9. The maximum absolute atomic E-state index is 2.43. The van der Waals surface area contributed by atoms with Gasteiger partial charge in [0, 0.05) is 5.40 Å². The van der Waals surface area contributed by atoms with Gasteiger partial charge in [-0.25, -0.2) is 0 Å². The molecule has 0 spiro atoms. The summed E-state index contributed by atoms with van der Waals surface area (Å²) >= 11 is 0. The van der Waals surface area contributed by atoms with Gasteiger partial charge in [0.2, 0.25) is 0 Å². The summed E-state index contributed by atoms with van der Waals surface area (Å²) in [4.78, 5) is 0. The minimum Gasteiger partial charge on any atom is -0.0927 e. The first-order chi connectivity index (χ1) is 11.4. The van der Waals surface area contributed by atoms with Crippen LogP contribution in [-0.2, 0) is 0 Å². The van der Waals surface area contributed by atoms with Crippen LogP contribution in [0.3, 0.4) is 0 Å². The minimum atomic E-state index is 0.396. The molecule has 0 unspecified atom stereocenters. The van der Waals surface area contributed by atoms with Crippen molar-refractivity contribution in [1.29, 1.82) is 0 Å². The Morgan fingerprint density at radius 3 is 1.22 bits per heavy atom. The molecule has 4 aliphatic carbocycles. The summed E-state index contributed by atoms with van der Waals surface area (Å²) in [6.45, 7) is 2.43. The van der Waals surface area contributed by atoms with Crippen LogP contribution >= 0.6 is 15.8 Å². The first-order valence-corrected chi connectivity index (χ1v) is 14.0. The van der Waals surface area contributed by atoms with Crippen LogP contribution in [0.15, 0.2) is 0 Å². The normalized spacial score (nSPS) is 27.1. The molecule has 0 aromatic heterocycles. The van der Waals surface area contributed by atoms with Gasteiger partial charge in [-0.05, 0) is 80.4 Å². The van der Waals surface area contributed by atoms with Gasteiger partial charge in [0.1, 0.15) is 0 Å². The molecule has 0 aromatic carbocycles. The monoisotopic (exact) mass is 352 g/mol. The Kier molecular flexibility index (Phi) is 6.04. The predicted molar refractivity (Wildman–Crippen MR) is 108 cm³/mol. The summed E-state index contributed by atoms with van der Waals surface area (Å²) < 4.78 is 0. The van der Waals surface area contributed by atoms with E-state index >= 15 is 0 Å². The van der Waals surface area contributed by atoms with Crippen molar-refractivity contribution in [2.24, 2.45) is 0 Å². The molecule has 0 saturated heterocycles. The average Bonchev–Trinajstić information content (AvgIpc) is 2.30. The third-order valence-corrected chi connectivity index (χ3v) is 16.4. The van der Waals surface area contributed by atoms with Gasteiger partial charge in [-0.15, -0.1) is 0 Å². The van der Waals surface area contributed by atoms with Gasteiger partial charge in [0.25, 0.3) is 0 Å². The number of rotatable bonds is 9. The van der Waals surface area contributed by atoms with Crippen LogP contribution in [0, 0.1) is 0 Å². The van der Waals surface area contributed by atoms with Gasteiger partial charge in [-0.2, -0.15) is 0 Å². The van der Waals surface area contributed by atoms with Crippen molar-refractivity contribution in [1.82, 2.24) is 0 Å². The Hall–Kier alpha value is 0.860. The lowest BCUT2D eigenvalue weighted by Crippen LogP contribution is -2.36. The molecular weight excluding hydrogens is 314 g/mol. The van der Waals surface area contributed by atoms with Crippen molar-refractivity contribution in [2.75, 3.05) is 0 Å². The van der Waals surface area contributed by atoms with Gasteiger partial charge in [0.15, 0.2) is 0 Å². The van der Waals surface area contributed by atoms with Crippen LogP contribution in [0.4, 0.5) is 0 Å². The van der Waals surface area contributed by atoms with E-state index in [1.165, 1.54) is 34.5 Å². The highest BCUT2D eigenvalue weighted by atomic mass is 31.2. The van der Waals surface area contributed by atoms with Crippen molar-refractivity contribution >= 4 is 15.8 Å². The molecule has 4 rings (SSSR count).